The van der Waals surface area contributed by atoms with Crippen LogP contribution in [0.2, 0.25) is 0 Å². The zero-order chi connectivity index (χ0) is 14.7. The molecule has 0 atom stereocenters. The second-order valence-electron chi connectivity index (χ2n) is 5.48. The van der Waals surface area contributed by atoms with Crippen molar-refractivity contribution in [2.75, 3.05) is 31.1 Å². The molecule has 0 saturated carbocycles. The molecule has 1 saturated heterocycles. The van der Waals surface area contributed by atoms with Crippen LogP contribution < -0.4 is 9.80 Å². The first-order chi connectivity index (χ1) is 10.2. The Bertz CT molecular complexity index is 590. The number of halogens is 2. The van der Waals surface area contributed by atoms with Gasteiger partial charge in [0.25, 0.3) is 0 Å². The first-order valence-corrected chi connectivity index (χ1v) is 7.30. The van der Waals surface area contributed by atoms with E-state index in [0.29, 0.717) is 0 Å². The minimum atomic E-state index is -0.206. The fourth-order valence-electron chi connectivity index (χ4n) is 2.82. The lowest BCUT2D eigenvalue weighted by Crippen LogP contribution is -3.13. The highest BCUT2D eigenvalue weighted by atomic mass is 19.1. The zero-order valence-corrected chi connectivity index (χ0v) is 11.9. The van der Waals surface area contributed by atoms with E-state index in [1.165, 1.54) is 23.1 Å². The van der Waals surface area contributed by atoms with Gasteiger partial charge in [-0.3, -0.25) is 0 Å². The lowest BCUT2D eigenvalue weighted by atomic mass is 10.1. The lowest BCUT2D eigenvalue weighted by molar-refractivity contribution is -0.914. The number of rotatable bonds is 3. The van der Waals surface area contributed by atoms with E-state index in [1.54, 1.807) is 6.07 Å². The van der Waals surface area contributed by atoms with Crippen molar-refractivity contribution >= 4 is 5.69 Å². The second-order valence-corrected chi connectivity index (χ2v) is 5.48. The van der Waals surface area contributed by atoms with Gasteiger partial charge in [0, 0.05) is 11.3 Å². The highest BCUT2D eigenvalue weighted by Crippen LogP contribution is 2.14. The summed E-state index contributed by atoms with van der Waals surface area (Å²) in [4.78, 5) is 3.64. The van der Waals surface area contributed by atoms with Crippen molar-refractivity contribution in [3.63, 3.8) is 0 Å². The topological polar surface area (TPSA) is 7.68 Å². The first kappa shape index (κ1) is 14.0. The number of hydrogen-bond acceptors (Lipinski definition) is 1. The molecule has 110 valence electrons. The van der Waals surface area contributed by atoms with E-state index in [4.69, 9.17) is 0 Å². The van der Waals surface area contributed by atoms with E-state index in [0.717, 1.165) is 44.0 Å². The quantitative estimate of drug-likeness (QED) is 0.906. The highest BCUT2D eigenvalue weighted by Gasteiger charge is 2.21. The molecule has 0 aliphatic carbocycles. The molecule has 0 amide bonds. The molecule has 1 aliphatic rings. The molecule has 2 aromatic rings. The molecular formula is C17H19F2N2+. The van der Waals surface area contributed by atoms with E-state index in [1.807, 2.05) is 24.3 Å². The summed E-state index contributed by atoms with van der Waals surface area (Å²) in [6.45, 7) is 4.48. The van der Waals surface area contributed by atoms with Gasteiger partial charge in [0.15, 0.2) is 0 Å². The molecule has 1 heterocycles. The summed E-state index contributed by atoms with van der Waals surface area (Å²) in [5, 5.41) is 0. The predicted octanol–water partition coefficient (Wildman–Crippen LogP) is 1.87. The minimum absolute atomic E-state index is 0.119. The third kappa shape index (κ3) is 3.39. The van der Waals surface area contributed by atoms with E-state index < -0.39 is 0 Å². The molecular weight excluding hydrogens is 270 g/mol. The van der Waals surface area contributed by atoms with Crippen molar-refractivity contribution in [2.45, 2.75) is 6.54 Å². The minimum Gasteiger partial charge on any atom is -0.360 e. The monoisotopic (exact) mass is 289 g/mol. The van der Waals surface area contributed by atoms with E-state index in [-0.39, 0.29) is 11.6 Å². The summed E-state index contributed by atoms with van der Waals surface area (Å²) < 4.78 is 26.6. The summed E-state index contributed by atoms with van der Waals surface area (Å²) in [6, 6.07) is 13.6. The van der Waals surface area contributed by atoms with Gasteiger partial charge in [0.05, 0.1) is 26.2 Å². The van der Waals surface area contributed by atoms with E-state index in [2.05, 4.69) is 4.90 Å². The highest BCUT2D eigenvalue weighted by molar-refractivity contribution is 5.46. The number of quaternary nitrogens is 1. The SMILES string of the molecule is Fc1ccc(N2CC[NH+](Cc3ccccc3F)CC2)cc1. The Hall–Kier alpha value is -1.94. The summed E-state index contributed by atoms with van der Waals surface area (Å²) in [5.41, 5.74) is 1.84. The molecule has 1 aliphatic heterocycles. The normalized spacial score (nSPS) is 16.2. The van der Waals surface area contributed by atoms with Crippen molar-refractivity contribution in [2.24, 2.45) is 0 Å². The number of piperazine rings is 1. The third-order valence-corrected chi connectivity index (χ3v) is 4.06. The molecule has 0 radical (unpaired) electrons. The standard InChI is InChI=1S/C17H18F2N2/c18-15-5-7-16(8-6-15)21-11-9-20(10-12-21)13-14-3-1-2-4-17(14)19/h1-8H,9-13H2/p+1. The Morgan fingerprint density at radius 1 is 0.905 bits per heavy atom. The van der Waals surface area contributed by atoms with Crippen molar-refractivity contribution in [3.05, 3.63) is 65.7 Å². The molecule has 2 nitrogen and oxygen atoms in total. The summed E-state index contributed by atoms with van der Waals surface area (Å²) in [5.74, 6) is -0.325. The van der Waals surface area contributed by atoms with Crippen LogP contribution in [0.25, 0.3) is 0 Å². The van der Waals surface area contributed by atoms with Gasteiger partial charge >= 0.3 is 0 Å². The van der Waals surface area contributed by atoms with Gasteiger partial charge in [-0.05, 0) is 30.3 Å². The van der Waals surface area contributed by atoms with Crippen LogP contribution in [0.1, 0.15) is 5.56 Å². The largest absolute Gasteiger partial charge is 0.360 e. The molecule has 2 aromatic carbocycles. The molecule has 4 heteroatoms. The smallest absolute Gasteiger partial charge is 0.132 e. The fraction of sp³-hybridized carbons (Fsp3) is 0.294. The molecule has 0 aromatic heterocycles. The van der Waals surface area contributed by atoms with Crippen LogP contribution in [-0.2, 0) is 6.54 Å². The predicted molar refractivity (Wildman–Crippen MR) is 79.4 cm³/mol. The van der Waals surface area contributed by atoms with Crippen molar-refractivity contribution < 1.29 is 13.7 Å². The Morgan fingerprint density at radius 3 is 2.24 bits per heavy atom. The van der Waals surface area contributed by atoms with Gasteiger partial charge < -0.3 is 9.80 Å². The Balaban J connectivity index is 1.58. The van der Waals surface area contributed by atoms with Crippen LogP contribution in [0.5, 0.6) is 0 Å². The molecule has 0 unspecified atom stereocenters. The average Bonchev–Trinajstić information content (AvgIpc) is 2.51. The fourth-order valence-corrected chi connectivity index (χ4v) is 2.82. The van der Waals surface area contributed by atoms with Crippen LogP contribution in [0.3, 0.4) is 0 Å². The van der Waals surface area contributed by atoms with Crippen molar-refractivity contribution in [1.82, 2.24) is 0 Å². The maximum atomic E-state index is 13.7. The molecule has 21 heavy (non-hydrogen) atoms. The van der Waals surface area contributed by atoms with Gasteiger partial charge in [0.1, 0.15) is 18.2 Å². The Labute approximate surface area is 123 Å². The van der Waals surface area contributed by atoms with E-state index in [9.17, 15) is 8.78 Å². The van der Waals surface area contributed by atoms with Crippen LogP contribution in [-0.4, -0.2) is 26.2 Å². The van der Waals surface area contributed by atoms with Crippen LogP contribution in [0, 0.1) is 11.6 Å². The Morgan fingerprint density at radius 2 is 1.57 bits per heavy atom. The Kier molecular flexibility index (Phi) is 4.15. The number of anilines is 1. The second kappa shape index (κ2) is 6.22. The van der Waals surface area contributed by atoms with Gasteiger partial charge in [-0.2, -0.15) is 0 Å². The van der Waals surface area contributed by atoms with Gasteiger partial charge in [-0.1, -0.05) is 18.2 Å². The van der Waals surface area contributed by atoms with Crippen molar-refractivity contribution in [3.8, 4) is 0 Å². The molecule has 1 fully saturated rings. The van der Waals surface area contributed by atoms with Gasteiger partial charge in [0.2, 0.25) is 0 Å². The van der Waals surface area contributed by atoms with Crippen LogP contribution in [0.4, 0.5) is 14.5 Å². The first-order valence-electron chi connectivity index (χ1n) is 7.30. The van der Waals surface area contributed by atoms with Crippen LogP contribution in [0.15, 0.2) is 48.5 Å². The maximum absolute atomic E-state index is 13.7. The van der Waals surface area contributed by atoms with Crippen molar-refractivity contribution in [1.29, 1.82) is 0 Å². The van der Waals surface area contributed by atoms with Crippen LogP contribution >= 0.6 is 0 Å². The van der Waals surface area contributed by atoms with E-state index >= 15 is 0 Å². The number of nitrogens with zero attached hydrogens (tertiary/aromatic N) is 1. The maximum Gasteiger partial charge on any atom is 0.132 e. The average molecular weight is 289 g/mol. The molecule has 0 spiro atoms. The summed E-state index contributed by atoms with van der Waals surface area (Å²) in [6.07, 6.45) is 0. The number of benzene rings is 2. The third-order valence-electron chi connectivity index (χ3n) is 4.06. The summed E-state index contributed by atoms with van der Waals surface area (Å²) >= 11 is 0. The van der Waals surface area contributed by atoms with Gasteiger partial charge in [-0.15, -0.1) is 0 Å². The van der Waals surface area contributed by atoms with Gasteiger partial charge in [-0.25, -0.2) is 8.78 Å². The zero-order valence-electron chi connectivity index (χ0n) is 11.9. The molecule has 3 rings (SSSR count). The number of hydrogen-bond donors (Lipinski definition) is 1. The lowest BCUT2D eigenvalue weighted by Gasteiger charge is -2.33. The molecule has 1 N–H and O–H groups in total. The molecule has 0 bridgehead atoms. The number of nitrogens with one attached hydrogen (secondary N) is 1. The summed E-state index contributed by atoms with van der Waals surface area (Å²) in [7, 11) is 0.